The number of rotatable bonds is 9. The highest BCUT2D eigenvalue weighted by molar-refractivity contribution is 7.93. The average molecular weight is 576 g/mol. The van der Waals surface area contributed by atoms with E-state index < -0.39 is 15.4 Å². The van der Waals surface area contributed by atoms with E-state index in [0.29, 0.717) is 31.0 Å². The van der Waals surface area contributed by atoms with Gasteiger partial charge in [0.05, 0.1) is 34.7 Å². The molecule has 1 N–H and O–H groups in total. The number of anilines is 2. The number of fused-ring (bicyclic) bond motifs is 4. The summed E-state index contributed by atoms with van der Waals surface area (Å²) in [6, 6.07) is 7.84. The molecule has 1 aromatic carbocycles. The minimum Gasteiger partial charge on any atom is -0.476 e. The maximum atomic E-state index is 13.2. The largest absolute Gasteiger partial charge is 0.476 e. The Morgan fingerprint density at radius 1 is 1.02 bits per heavy atom. The van der Waals surface area contributed by atoms with Crippen LogP contribution in [0.25, 0.3) is 22.0 Å². The number of nitrogens with one attached hydrogen (secondary N) is 1. The maximum Gasteiger partial charge on any atom is 0.238 e. The summed E-state index contributed by atoms with van der Waals surface area (Å²) in [4.78, 5) is 26.7. The Labute approximate surface area is 241 Å². The molecular formula is C31H37N5O4S. The number of piperidine rings is 1. The molecule has 2 aromatic heterocycles. The van der Waals surface area contributed by atoms with Crippen molar-refractivity contribution in [1.29, 1.82) is 0 Å². The van der Waals surface area contributed by atoms with E-state index >= 15 is 0 Å². The van der Waals surface area contributed by atoms with E-state index in [9.17, 15) is 13.2 Å². The summed E-state index contributed by atoms with van der Waals surface area (Å²) in [6.07, 6.45) is 12.3. The van der Waals surface area contributed by atoms with Crippen LogP contribution in [0.1, 0.15) is 63.4 Å². The molecule has 1 saturated heterocycles. The molecule has 0 unspecified atom stereocenters. The monoisotopic (exact) mass is 575 g/mol. The van der Waals surface area contributed by atoms with Crippen LogP contribution in [0.5, 0.6) is 5.88 Å². The first kappa shape index (κ1) is 26.6. The summed E-state index contributed by atoms with van der Waals surface area (Å²) >= 11 is 0. The van der Waals surface area contributed by atoms with Crippen molar-refractivity contribution in [3.63, 3.8) is 0 Å². The van der Waals surface area contributed by atoms with Gasteiger partial charge in [0.15, 0.2) is 0 Å². The van der Waals surface area contributed by atoms with Crippen molar-refractivity contribution in [3.8, 4) is 17.0 Å². The average Bonchev–Trinajstić information content (AvgIpc) is 3.79. The number of hydrogen-bond donors (Lipinski definition) is 1. The smallest absolute Gasteiger partial charge is 0.238 e. The Kier molecular flexibility index (Phi) is 6.65. The Hall–Kier alpha value is -3.24. The number of sulfonamides is 1. The van der Waals surface area contributed by atoms with E-state index in [0.717, 1.165) is 78.6 Å². The van der Waals surface area contributed by atoms with Gasteiger partial charge in [0.1, 0.15) is 5.69 Å². The molecule has 2 aliphatic heterocycles. The third-order valence-corrected chi connectivity index (χ3v) is 11.2. The van der Waals surface area contributed by atoms with Crippen molar-refractivity contribution in [1.82, 2.24) is 14.9 Å². The molecule has 1 amide bonds. The van der Waals surface area contributed by atoms with Gasteiger partial charge in [-0.3, -0.25) is 14.5 Å². The predicted octanol–water partition coefficient (Wildman–Crippen LogP) is 4.85. The van der Waals surface area contributed by atoms with Crippen molar-refractivity contribution >= 4 is 38.2 Å². The topological polar surface area (TPSA) is 105 Å². The molecule has 4 heterocycles. The zero-order valence-corrected chi connectivity index (χ0v) is 24.4. The van der Waals surface area contributed by atoms with Gasteiger partial charge in [-0.25, -0.2) is 13.4 Å². The second-order valence-corrected chi connectivity index (χ2v) is 14.0. The lowest BCUT2D eigenvalue weighted by Gasteiger charge is -2.37. The fraction of sp³-hybridized carbons (Fsp3) is 0.516. The van der Waals surface area contributed by atoms with Gasteiger partial charge in [-0.2, -0.15) is 0 Å². The molecule has 0 bridgehead atoms. The lowest BCUT2D eigenvalue weighted by Crippen LogP contribution is -2.43. The number of ether oxygens (including phenoxy) is 1. The van der Waals surface area contributed by atoms with Gasteiger partial charge < -0.3 is 14.5 Å². The third kappa shape index (κ3) is 4.74. The number of nitrogens with zero attached hydrogens (tertiary/aromatic N) is 4. The second-order valence-electron chi connectivity index (χ2n) is 12.1. The molecule has 3 fully saturated rings. The summed E-state index contributed by atoms with van der Waals surface area (Å²) in [7, 11) is -1.67. The first-order chi connectivity index (χ1) is 19.9. The Morgan fingerprint density at radius 3 is 2.56 bits per heavy atom. The maximum absolute atomic E-state index is 13.2. The first-order valence-electron chi connectivity index (χ1n) is 14.9. The van der Waals surface area contributed by atoms with E-state index in [4.69, 9.17) is 4.74 Å². The highest BCUT2D eigenvalue weighted by atomic mass is 32.2. The van der Waals surface area contributed by atoms with E-state index in [1.54, 1.807) is 11.1 Å². The van der Waals surface area contributed by atoms with Crippen LogP contribution in [0.4, 0.5) is 11.4 Å². The molecule has 2 aliphatic carbocycles. The number of benzene rings is 1. The molecular weight excluding hydrogens is 538 g/mol. The lowest BCUT2D eigenvalue weighted by atomic mass is 9.64. The molecule has 3 aromatic rings. The van der Waals surface area contributed by atoms with Crippen LogP contribution in [0.3, 0.4) is 0 Å². The third-order valence-electron chi connectivity index (χ3n) is 9.32. The highest BCUT2D eigenvalue weighted by Gasteiger charge is 2.54. The number of likely N-dealkylation sites (tertiary alicyclic amines) is 1. The molecule has 9 nitrogen and oxygen atoms in total. The lowest BCUT2D eigenvalue weighted by molar-refractivity contribution is -0.125. The number of likely N-dealkylation sites (N-methyl/N-ethyl adjacent to an activating group) is 1. The van der Waals surface area contributed by atoms with Gasteiger partial charge in [0.25, 0.3) is 0 Å². The Bertz CT molecular complexity index is 1610. The zero-order chi connectivity index (χ0) is 28.2. The van der Waals surface area contributed by atoms with Crippen LogP contribution in [-0.4, -0.2) is 67.7 Å². The van der Waals surface area contributed by atoms with Gasteiger partial charge >= 0.3 is 0 Å². The normalized spacial score (nSPS) is 20.3. The molecule has 1 spiro atoms. The van der Waals surface area contributed by atoms with Crippen molar-refractivity contribution in [2.45, 2.75) is 68.5 Å². The molecule has 0 radical (unpaired) electrons. The molecule has 0 atom stereocenters. The SMILES string of the molecule is CN1C(=O)C2(CCC2)c2c1cnc1ccc(-c3cnc(OCCCN4CCCCC4)c(NS(=O)(=O)C4CC4)c3)cc21. The molecule has 10 heteroatoms. The fourth-order valence-corrected chi connectivity index (χ4v) is 8.08. The van der Waals surface area contributed by atoms with Crippen LogP contribution in [0.2, 0.25) is 0 Å². The van der Waals surface area contributed by atoms with Crippen LogP contribution in [-0.2, 0) is 20.2 Å². The van der Waals surface area contributed by atoms with Crippen molar-refractivity contribution in [2.75, 3.05) is 42.9 Å². The van der Waals surface area contributed by atoms with Crippen molar-refractivity contribution in [3.05, 3.63) is 42.2 Å². The minimum absolute atomic E-state index is 0.152. The second kappa shape index (κ2) is 10.2. The summed E-state index contributed by atoms with van der Waals surface area (Å²) < 4.78 is 34.7. The van der Waals surface area contributed by atoms with Gasteiger partial charge in [-0.15, -0.1) is 0 Å². The molecule has 2 saturated carbocycles. The zero-order valence-electron chi connectivity index (χ0n) is 23.6. The minimum atomic E-state index is -3.51. The van der Waals surface area contributed by atoms with Crippen LogP contribution >= 0.6 is 0 Å². The Balaban J connectivity index is 1.20. The fourth-order valence-electron chi connectivity index (χ4n) is 6.70. The van der Waals surface area contributed by atoms with Gasteiger partial charge in [-0.05, 0) is 81.8 Å². The Morgan fingerprint density at radius 2 is 1.83 bits per heavy atom. The number of aromatic nitrogens is 2. The van der Waals surface area contributed by atoms with Gasteiger partial charge in [0.2, 0.25) is 21.8 Å². The molecule has 216 valence electrons. The predicted molar refractivity (Wildman–Crippen MR) is 160 cm³/mol. The summed E-state index contributed by atoms with van der Waals surface area (Å²) in [5, 5.41) is 0.608. The number of carbonyl (C=O) groups excluding carboxylic acids is 1. The summed E-state index contributed by atoms with van der Waals surface area (Å²) in [5.41, 5.74) is 4.37. The number of carbonyl (C=O) groups is 1. The van der Waals surface area contributed by atoms with Crippen molar-refractivity contribution in [2.24, 2.45) is 0 Å². The molecule has 41 heavy (non-hydrogen) atoms. The first-order valence-corrected chi connectivity index (χ1v) is 16.5. The van der Waals surface area contributed by atoms with E-state index in [-0.39, 0.29) is 11.2 Å². The van der Waals surface area contributed by atoms with E-state index in [1.807, 2.05) is 31.4 Å². The van der Waals surface area contributed by atoms with Crippen molar-refractivity contribution < 1.29 is 17.9 Å². The van der Waals surface area contributed by atoms with Crippen LogP contribution < -0.4 is 14.4 Å². The van der Waals surface area contributed by atoms with Gasteiger partial charge in [-0.1, -0.05) is 18.9 Å². The number of hydrogen-bond acceptors (Lipinski definition) is 7. The van der Waals surface area contributed by atoms with E-state index in [2.05, 4.69) is 25.7 Å². The molecule has 4 aliphatic rings. The van der Waals surface area contributed by atoms with Crippen LogP contribution in [0, 0.1) is 0 Å². The highest BCUT2D eigenvalue weighted by Crippen LogP contribution is 2.55. The van der Waals surface area contributed by atoms with E-state index in [1.165, 1.54) is 19.3 Å². The van der Waals surface area contributed by atoms with Crippen LogP contribution in [0.15, 0.2) is 36.7 Å². The number of amides is 1. The quantitative estimate of drug-likeness (QED) is 0.364. The van der Waals surface area contributed by atoms with Gasteiger partial charge in [0, 0.05) is 36.3 Å². The summed E-state index contributed by atoms with van der Waals surface area (Å²) in [5.74, 6) is 0.458. The molecule has 7 rings (SSSR count). The standard InChI is InChI=1S/C31H37N5O4S/c1-35-27-20-32-25-10-7-21(17-24(25)28(27)31(30(35)37)11-5-12-31)22-18-26(34-41(38,39)23-8-9-23)29(33-19-22)40-16-6-15-36-13-3-2-4-14-36/h7,10,17-20,23,34H,2-6,8-9,11-16H2,1H3. The number of pyridine rings is 2. The summed E-state index contributed by atoms with van der Waals surface area (Å²) in [6.45, 7) is 3.71.